The fourth-order valence-corrected chi connectivity index (χ4v) is 2.03. The molecule has 102 valence electrons. The molecule has 0 atom stereocenters. The number of alkyl halides is 2. The zero-order valence-corrected chi connectivity index (χ0v) is 11.2. The van der Waals surface area contributed by atoms with Crippen molar-refractivity contribution in [1.29, 1.82) is 0 Å². The molecule has 0 fully saturated rings. The molecular weight excluding hydrogens is 272 g/mol. The zero-order valence-electron chi connectivity index (χ0n) is 10.4. The fourth-order valence-electron chi connectivity index (χ4n) is 1.86. The topological polar surface area (TPSA) is 43.8 Å². The van der Waals surface area contributed by atoms with Crippen molar-refractivity contribution in [3.8, 4) is 0 Å². The van der Waals surface area contributed by atoms with E-state index in [1.807, 2.05) is 0 Å². The van der Waals surface area contributed by atoms with Gasteiger partial charge in [0.25, 0.3) is 5.92 Å². The molecule has 0 bridgehead atoms. The molecule has 1 aromatic carbocycles. The van der Waals surface area contributed by atoms with Crippen LogP contribution in [0.3, 0.4) is 0 Å². The quantitative estimate of drug-likeness (QED) is 0.931. The molecule has 0 aliphatic heterocycles. The normalized spacial score (nSPS) is 11.8. The van der Waals surface area contributed by atoms with Gasteiger partial charge in [-0.15, -0.1) is 0 Å². The molecule has 0 saturated heterocycles. The van der Waals surface area contributed by atoms with Crippen molar-refractivity contribution in [2.24, 2.45) is 0 Å². The highest BCUT2D eigenvalue weighted by Gasteiger charge is 2.31. The smallest absolute Gasteiger partial charge is 0.273 e. The number of nitrogens with zero attached hydrogens (tertiary/aromatic N) is 2. The standard InChI is InChI=1S/C13H14ClF2N3/c1-2-13(15,16)11-7-10(14)4-3-9(11)8-19-6-5-12(17)18-19/h3-7H,2,8H2,1H3,(H2,17,18). The SMILES string of the molecule is CCC(F)(F)c1cc(Cl)ccc1Cn1ccc(N)n1. The average Bonchev–Trinajstić information content (AvgIpc) is 2.77. The second kappa shape index (κ2) is 5.17. The molecule has 6 heteroatoms. The number of nitrogens with two attached hydrogens (primary N) is 1. The lowest BCUT2D eigenvalue weighted by molar-refractivity contribution is -0.00924. The molecular formula is C13H14ClF2N3. The first kappa shape index (κ1) is 13.8. The van der Waals surface area contributed by atoms with Crippen LogP contribution in [-0.2, 0) is 12.5 Å². The van der Waals surface area contributed by atoms with E-state index in [0.717, 1.165) is 0 Å². The zero-order chi connectivity index (χ0) is 14.0. The number of hydrogen-bond donors (Lipinski definition) is 1. The first-order valence-electron chi connectivity index (χ1n) is 5.88. The molecule has 0 amide bonds. The van der Waals surface area contributed by atoms with Crippen molar-refractivity contribution in [2.45, 2.75) is 25.8 Å². The number of aromatic nitrogens is 2. The van der Waals surface area contributed by atoms with Gasteiger partial charge in [-0.3, -0.25) is 4.68 Å². The number of anilines is 1. The van der Waals surface area contributed by atoms with Gasteiger partial charge >= 0.3 is 0 Å². The molecule has 1 heterocycles. The highest BCUT2D eigenvalue weighted by Crippen LogP contribution is 2.35. The van der Waals surface area contributed by atoms with Crippen molar-refractivity contribution in [3.63, 3.8) is 0 Å². The highest BCUT2D eigenvalue weighted by molar-refractivity contribution is 6.30. The molecule has 0 saturated carbocycles. The first-order chi connectivity index (χ1) is 8.92. The predicted octanol–water partition coefficient (Wildman–Crippen LogP) is 3.67. The van der Waals surface area contributed by atoms with Crippen LogP contribution in [0.2, 0.25) is 5.02 Å². The molecule has 0 aliphatic rings. The van der Waals surface area contributed by atoms with Crippen LogP contribution in [0.25, 0.3) is 0 Å². The minimum atomic E-state index is -2.90. The van der Waals surface area contributed by atoms with Gasteiger partial charge in [0.1, 0.15) is 5.82 Å². The number of benzene rings is 1. The molecule has 1 aromatic heterocycles. The molecule has 0 aliphatic carbocycles. The van der Waals surface area contributed by atoms with E-state index < -0.39 is 5.92 Å². The lowest BCUT2D eigenvalue weighted by Gasteiger charge is -2.19. The summed E-state index contributed by atoms with van der Waals surface area (Å²) in [5.74, 6) is -2.54. The number of rotatable bonds is 4. The van der Waals surface area contributed by atoms with Gasteiger partial charge in [0.05, 0.1) is 6.54 Å². The van der Waals surface area contributed by atoms with Crippen LogP contribution >= 0.6 is 11.6 Å². The second-order valence-corrected chi connectivity index (χ2v) is 4.73. The maximum absolute atomic E-state index is 13.9. The monoisotopic (exact) mass is 285 g/mol. The van der Waals surface area contributed by atoms with E-state index in [-0.39, 0.29) is 18.5 Å². The van der Waals surface area contributed by atoms with E-state index >= 15 is 0 Å². The maximum atomic E-state index is 13.9. The molecule has 0 unspecified atom stereocenters. The Morgan fingerprint density at radius 1 is 1.37 bits per heavy atom. The Kier molecular flexibility index (Phi) is 3.75. The van der Waals surface area contributed by atoms with Crippen LogP contribution in [0, 0.1) is 0 Å². The Morgan fingerprint density at radius 3 is 2.68 bits per heavy atom. The van der Waals surface area contributed by atoms with Gasteiger partial charge in [-0.1, -0.05) is 24.6 Å². The van der Waals surface area contributed by atoms with Gasteiger partial charge in [0.2, 0.25) is 0 Å². The highest BCUT2D eigenvalue weighted by atomic mass is 35.5. The molecule has 2 N–H and O–H groups in total. The van der Waals surface area contributed by atoms with Crippen molar-refractivity contribution in [3.05, 3.63) is 46.6 Å². The van der Waals surface area contributed by atoms with E-state index in [4.69, 9.17) is 17.3 Å². The van der Waals surface area contributed by atoms with Crippen molar-refractivity contribution < 1.29 is 8.78 Å². The Labute approximate surface area is 115 Å². The summed E-state index contributed by atoms with van der Waals surface area (Å²) in [5, 5.41) is 4.29. The summed E-state index contributed by atoms with van der Waals surface area (Å²) in [5.41, 5.74) is 5.93. The summed E-state index contributed by atoms with van der Waals surface area (Å²) in [7, 11) is 0. The first-order valence-corrected chi connectivity index (χ1v) is 6.26. The summed E-state index contributed by atoms with van der Waals surface area (Å²) in [6.07, 6.45) is 1.37. The van der Waals surface area contributed by atoms with Gasteiger partial charge in [-0.05, 0) is 23.8 Å². The average molecular weight is 286 g/mol. The minimum Gasteiger partial charge on any atom is -0.382 e. The third-order valence-corrected chi connectivity index (χ3v) is 3.14. The lowest BCUT2D eigenvalue weighted by Crippen LogP contribution is -2.16. The largest absolute Gasteiger partial charge is 0.382 e. The molecule has 0 radical (unpaired) electrons. The summed E-state index contributed by atoms with van der Waals surface area (Å²) in [6, 6.07) is 6.12. The Morgan fingerprint density at radius 2 is 2.11 bits per heavy atom. The number of hydrogen-bond acceptors (Lipinski definition) is 2. The second-order valence-electron chi connectivity index (χ2n) is 4.30. The van der Waals surface area contributed by atoms with Crippen LogP contribution in [0.5, 0.6) is 0 Å². The van der Waals surface area contributed by atoms with Gasteiger partial charge in [0, 0.05) is 23.2 Å². The summed E-state index contributed by atoms with van der Waals surface area (Å²) in [6.45, 7) is 1.68. The van der Waals surface area contributed by atoms with Gasteiger partial charge < -0.3 is 5.73 Å². The van der Waals surface area contributed by atoms with Crippen molar-refractivity contribution >= 4 is 17.4 Å². The Balaban J connectivity index is 2.40. The third kappa shape index (κ3) is 3.04. The van der Waals surface area contributed by atoms with E-state index in [2.05, 4.69) is 5.10 Å². The third-order valence-electron chi connectivity index (χ3n) is 2.90. The van der Waals surface area contributed by atoms with E-state index in [0.29, 0.717) is 16.4 Å². The van der Waals surface area contributed by atoms with Crippen LogP contribution in [0.4, 0.5) is 14.6 Å². The summed E-state index contributed by atoms with van der Waals surface area (Å²) >= 11 is 5.81. The van der Waals surface area contributed by atoms with Gasteiger partial charge in [0.15, 0.2) is 0 Å². The van der Waals surface area contributed by atoms with E-state index in [1.54, 1.807) is 24.4 Å². The Hall–Kier alpha value is -1.62. The minimum absolute atomic E-state index is 0.0587. The van der Waals surface area contributed by atoms with Crippen molar-refractivity contribution in [2.75, 3.05) is 5.73 Å². The number of nitrogen functional groups attached to an aromatic ring is 1. The van der Waals surface area contributed by atoms with Gasteiger partial charge in [-0.2, -0.15) is 5.10 Å². The fraction of sp³-hybridized carbons (Fsp3) is 0.308. The molecule has 2 rings (SSSR count). The molecule has 19 heavy (non-hydrogen) atoms. The molecule has 3 nitrogen and oxygen atoms in total. The maximum Gasteiger partial charge on any atom is 0.273 e. The van der Waals surface area contributed by atoms with Crippen LogP contribution < -0.4 is 5.73 Å². The molecule has 0 spiro atoms. The van der Waals surface area contributed by atoms with Crippen LogP contribution in [-0.4, -0.2) is 9.78 Å². The lowest BCUT2D eigenvalue weighted by atomic mass is 9.99. The van der Waals surface area contributed by atoms with Crippen LogP contribution in [0.15, 0.2) is 30.5 Å². The molecule has 2 aromatic rings. The van der Waals surface area contributed by atoms with Crippen LogP contribution in [0.1, 0.15) is 24.5 Å². The summed E-state index contributed by atoms with van der Waals surface area (Å²) < 4.78 is 29.4. The van der Waals surface area contributed by atoms with Gasteiger partial charge in [-0.25, -0.2) is 8.78 Å². The Bertz CT molecular complexity index is 581. The number of halogens is 3. The van der Waals surface area contributed by atoms with E-state index in [1.165, 1.54) is 17.7 Å². The summed E-state index contributed by atoms with van der Waals surface area (Å²) in [4.78, 5) is 0. The van der Waals surface area contributed by atoms with Crippen molar-refractivity contribution in [1.82, 2.24) is 9.78 Å². The predicted molar refractivity (Wildman–Crippen MR) is 71.4 cm³/mol. The van der Waals surface area contributed by atoms with E-state index in [9.17, 15) is 8.78 Å².